The zero-order valence-corrected chi connectivity index (χ0v) is 10.3. The molecule has 0 atom stereocenters. The summed E-state index contributed by atoms with van der Waals surface area (Å²) in [4.78, 5) is 0. The van der Waals surface area contributed by atoms with E-state index in [4.69, 9.17) is 22.1 Å². The number of ether oxygens (including phenoxy) is 1. The van der Waals surface area contributed by atoms with Crippen LogP contribution in [0.25, 0.3) is 0 Å². The number of benzene rings is 1. The van der Waals surface area contributed by atoms with Crippen molar-refractivity contribution in [2.75, 3.05) is 24.1 Å². The van der Waals surface area contributed by atoms with Gasteiger partial charge < -0.3 is 10.5 Å². The topological polar surface area (TPSA) is 81.4 Å². The first-order valence-electron chi connectivity index (χ1n) is 4.52. The fourth-order valence-corrected chi connectivity index (χ4v) is 2.22. The van der Waals surface area contributed by atoms with Crippen LogP contribution in [0.3, 0.4) is 0 Å². The monoisotopic (exact) mass is 264 g/mol. The summed E-state index contributed by atoms with van der Waals surface area (Å²) < 4.78 is 30.2. The number of nitrogens with two attached hydrogens (primary N) is 1. The Kier molecular flexibility index (Phi) is 4.40. The van der Waals surface area contributed by atoms with Gasteiger partial charge in [-0.2, -0.15) is 0 Å². The molecule has 16 heavy (non-hydrogen) atoms. The van der Waals surface area contributed by atoms with Crippen LogP contribution >= 0.6 is 11.6 Å². The highest BCUT2D eigenvalue weighted by Gasteiger charge is 2.11. The third kappa shape index (κ3) is 3.55. The molecule has 7 heteroatoms. The Labute approximate surface area is 99.6 Å². The van der Waals surface area contributed by atoms with Crippen LogP contribution in [0.5, 0.6) is 5.75 Å². The van der Waals surface area contributed by atoms with E-state index < -0.39 is 10.0 Å². The van der Waals surface area contributed by atoms with Crippen molar-refractivity contribution in [3.05, 3.63) is 23.2 Å². The molecule has 0 aliphatic rings. The van der Waals surface area contributed by atoms with Crippen LogP contribution in [0, 0.1) is 0 Å². The van der Waals surface area contributed by atoms with E-state index in [2.05, 4.69) is 4.72 Å². The molecule has 0 aromatic heterocycles. The lowest BCUT2D eigenvalue weighted by atomic mass is 10.3. The number of anilines is 1. The van der Waals surface area contributed by atoms with Gasteiger partial charge in [-0.1, -0.05) is 11.6 Å². The van der Waals surface area contributed by atoms with Gasteiger partial charge in [-0.25, -0.2) is 8.42 Å². The fraction of sp³-hybridized carbons (Fsp3) is 0.333. The van der Waals surface area contributed by atoms with Crippen molar-refractivity contribution in [1.29, 1.82) is 0 Å². The number of sulfonamides is 1. The number of halogens is 1. The van der Waals surface area contributed by atoms with Gasteiger partial charge in [-0.3, -0.25) is 4.72 Å². The molecular weight excluding hydrogens is 252 g/mol. The molecule has 1 aromatic carbocycles. The first kappa shape index (κ1) is 13.1. The quantitative estimate of drug-likeness (QED) is 0.833. The summed E-state index contributed by atoms with van der Waals surface area (Å²) >= 11 is 5.85. The minimum absolute atomic E-state index is 0.0525. The fourth-order valence-electron chi connectivity index (χ4n) is 1.08. The van der Waals surface area contributed by atoms with Gasteiger partial charge in [0.1, 0.15) is 5.75 Å². The van der Waals surface area contributed by atoms with E-state index in [9.17, 15) is 8.42 Å². The van der Waals surface area contributed by atoms with Crippen molar-refractivity contribution in [2.45, 2.75) is 0 Å². The molecule has 1 rings (SSSR count). The zero-order chi connectivity index (χ0) is 12.2. The van der Waals surface area contributed by atoms with E-state index in [1.807, 2.05) is 0 Å². The standard InChI is InChI=1S/C9H13ClN2O3S/c1-15-7-2-3-8(10)9(6-7)12-16(13,14)5-4-11/h2-3,6,12H,4-5,11H2,1H3. The van der Waals surface area contributed by atoms with Crippen LogP contribution in [0.15, 0.2) is 18.2 Å². The zero-order valence-electron chi connectivity index (χ0n) is 8.73. The number of hydrogen-bond acceptors (Lipinski definition) is 4. The van der Waals surface area contributed by atoms with Crippen LogP contribution in [0.1, 0.15) is 0 Å². The van der Waals surface area contributed by atoms with Gasteiger partial charge in [0.05, 0.1) is 23.6 Å². The number of methoxy groups -OCH3 is 1. The molecule has 90 valence electrons. The van der Waals surface area contributed by atoms with Crippen LogP contribution < -0.4 is 15.2 Å². The molecule has 0 aliphatic heterocycles. The minimum Gasteiger partial charge on any atom is -0.497 e. The van der Waals surface area contributed by atoms with Gasteiger partial charge in [0.2, 0.25) is 10.0 Å². The molecule has 0 aliphatic carbocycles. The normalized spacial score (nSPS) is 11.2. The molecule has 1 aromatic rings. The van der Waals surface area contributed by atoms with Crippen molar-refractivity contribution in [3.8, 4) is 5.75 Å². The highest BCUT2D eigenvalue weighted by Crippen LogP contribution is 2.27. The summed E-state index contributed by atoms with van der Waals surface area (Å²) in [5.41, 5.74) is 5.47. The van der Waals surface area contributed by atoms with Gasteiger partial charge in [0.25, 0.3) is 0 Å². The van der Waals surface area contributed by atoms with E-state index in [1.165, 1.54) is 13.2 Å². The van der Waals surface area contributed by atoms with Crippen LogP contribution in [-0.4, -0.2) is 27.8 Å². The van der Waals surface area contributed by atoms with Gasteiger partial charge in [-0.05, 0) is 12.1 Å². The molecular formula is C9H13ClN2O3S. The summed E-state index contributed by atoms with van der Waals surface area (Å²) in [5, 5.41) is 0.307. The number of nitrogens with one attached hydrogen (secondary N) is 1. The summed E-state index contributed by atoms with van der Waals surface area (Å²) in [6, 6.07) is 4.71. The van der Waals surface area contributed by atoms with E-state index in [0.29, 0.717) is 10.8 Å². The maximum atomic E-state index is 11.5. The molecule has 5 nitrogen and oxygen atoms in total. The Hall–Kier alpha value is -0.980. The summed E-state index contributed by atoms with van der Waals surface area (Å²) in [6.45, 7) is 0.0525. The summed E-state index contributed by atoms with van der Waals surface area (Å²) in [6.07, 6.45) is 0. The molecule has 0 heterocycles. The van der Waals surface area contributed by atoms with E-state index >= 15 is 0 Å². The van der Waals surface area contributed by atoms with E-state index in [0.717, 1.165) is 0 Å². The Bertz CT molecular complexity index is 462. The molecule has 0 amide bonds. The second-order valence-corrected chi connectivity index (χ2v) is 5.30. The largest absolute Gasteiger partial charge is 0.497 e. The highest BCUT2D eigenvalue weighted by molar-refractivity contribution is 7.92. The highest BCUT2D eigenvalue weighted by atomic mass is 35.5. The first-order valence-corrected chi connectivity index (χ1v) is 6.55. The molecule has 0 saturated heterocycles. The lowest BCUT2D eigenvalue weighted by Gasteiger charge is -2.10. The molecule has 0 fully saturated rings. The Balaban J connectivity index is 2.96. The van der Waals surface area contributed by atoms with Crippen molar-refractivity contribution in [2.24, 2.45) is 5.73 Å². The molecule has 0 radical (unpaired) electrons. The predicted molar refractivity (Wildman–Crippen MR) is 64.5 cm³/mol. The maximum Gasteiger partial charge on any atom is 0.234 e. The molecule has 0 bridgehead atoms. The Morgan fingerprint density at radius 3 is 2.75 bits per heavy atom. The third-order valence-electron chi connectivity index (χ3n) is 1.83. The molecule has 0 unspecified atom stereocenters. The lowest BCUT2D eigenvalue weighted by molar-refractivity contribution is 0.415. The molecule has 0 saturated carbocycles. The number of rotatable bonds is 5. The Morgan fingerprint density at radius 2 is 2.19 bits per heavy atom. The maximum absolute atomic E-state index is 11.5. The van der Waals surface area contributed by atoms with Crippen LogP contribution in [0.4, 0.5) is 5.69 Å². The number of hydrogen-bond donors (Lipinski definition) is 2. The van der Waals surface area contributed by atoms with Crippen molar-refractivity contribution in [1.82, 2.24) is 0 Å². The lowest BCUT2D eigenvalue weighted by Crippen LogP contribution is -2.22. The van der Waals surface area contributed by atoms with Crippen LogP contribution in [-0.2, 0) is 10.0 Å². The van der Waals surface area contributed by atoms with Gasteiger partial charge in [-0.15, -0.1) is 0 Å². The average Bonchev–Trinajstić information content (AvgIpc) is 2.21. The minimum atomic E-state index is -3.45. The van der Waals surface area contributed by atoms with Gasteiger partial charge >= 0.3 is 0 Å². The van der Waals surface area contributed by atoms with Gasteiger partial charge in [0, 0.05) is 12.6 Å². The SMILES string of the molecule is COc1ccc(Cl)c(NS(=O)(=O)CCN)c1. The van der Waals surface area contributed by atoms with Crippen molar-refractivity contribution < 1.29 is 13.2 Å². The molecule has 0 spiro atoms. The van der Waals surface area contributed by atoms with Crippen molar-refractivity contribution in [3.63, 3.8) is 0 Å². The smallest absolute Gasteiger partial charge is 0.234 e. The predicted octanol–water partition coefficient (Wildman–Crippen LogP) is 1.05. The molecule has 3 N–H and O–H groups in total. The summed E-state index contributed by atoms with van der Waals surface area (Å²) in [5.74, 6) is 0.371. The Morgan fingerprint density at radius 1 is 1.50 bits per heavy atom. The van der Waals surface area contributed by atoms with Crippen molar-refractivity contribution >= 4 is 27.3 Å². The second-order valence-electron chi connectivity index (χ2n) is 3.06. The van der Waals surface area contributed by atoms with Crippen LogP contribution in [0.2, 0.25) is 5.02 Å². The summed E-state index contributed by atoms with van der Waals surface area (Å²) in [7, 11) is -1.96. The third-order valence-corrected chi connectivity index (χ3v) is 3.46. The first-order chi connectivity index (χ1) is 7.48. The second kappa shape index (κ2) is 5.38. The average molecular weight is 265 g/mol. The van der Waals surface area contributed by atoms with E-state index in [1.54, 1.807) is 12.1 Å². The van der Waals surface area contributed by atoms with Gasteiger partial charge in [0.15, 0.2) is 0 Å². The van der Waals surface area contributed by atoms with E-state index in [-0.39, 0.29) is 18.0 Å².